The number of urea groups is 1. The predicted octanol–water partition coefficient (Wildman–Crippen LogP) is 4.77. The Bertz CT molecular complexity index is 1450. The maximum atomic E-state index is 14.7. The van der Waals surface area contributed by atoms with E-state index in [4.69, 9.17) is 9.84 Å². The Morgan fingerprint density at radius 1 is 1.08 bits per heavy atom. The zero-order valence-electron chi connectivity index (χ0n) is 20.1. The molecule has 1 fully saturated rings. The first kappa shape index (κ1) is 25.9. The third-order valence-corrected chi connectivity index (χ3v) is 6.93. The van der Waals surface area contributed by atoms with Gasteiger partial charge in [0.15, 0.2) is 0 Å². The molecule has 4 aromatic rings. The number of hydrogen-bond acceptors (Lipinski definition) is 5. The Balaban J connectivity index is 1.46. The van der Waals surface area contributed by atoms with Crippen LogP contribution in [0.25, 0.3) is 11.3 Å². The van der Waals surface area contributed by atoms with Crippen LogP contribution in [0.1, 0.15) is 29.0 Å². The summed E-state index contributed by atoms with van der Waals surface area (Å²) in [6.45, 7) is 0.0476. The van der Waals surface area contributed by atoms with Crippen LogP contribution in [0.5, 0.6) is 5.75 Å². The maximum Gasteiger partial charge on any atom is 0.325 e. The second-order valence-corrected chi connectivity index (χ2v) is 9.99. The number of benzene rings is 3. The number of aromatic amines is 1. The summed E-state index contributed by atoms with van der Waals surface area (Å²) in [5.41, 5.74) is 2.31. The highest BCUT2D eigenvalue weighted by Gasteiger charge is 2.44. The molecule has 5 rings (SSSR count). The van der Waals surface area contributed by atoms with Crippen LogP contribution in [-0.4, -0.2) is 45.1 Å². The predicted molar refractivity (Wildman–Crippen MR) is 147 cm³/mol. The lowest BCUT2D eigenvalue weighted by Crippen LogP contribution is -2.36. The molecule has 0 aliphatic carbocycles. The van der Waals surface area contributed by atoms with E-state index in [9.17, 15) is 14.0 Å². The van der Waals surface area contributed by atoms with Gasteiger partial charge in [-0.3, -0.25) is 9.69 Å². The lowest BCUT2D eigenvalue weighted by atomic mass is 10.0. The minimum atomic E-state index is -0.879. The molecule has 1 unspecified atom stereocenters. The molecule has 194 valence electrons. The summed E-state index contributed by atoms with van der Waals surface area (Å²) >= 11 is 2.04. The highest BCUT2D eigenvalue weighted by Crippen LogP contribution is 2.33. The first-order valence-corrected chi connectivity index (χ1v) is 13.0. The summed E-state index contributed by atoms with van der Waals surface area (Å²) in [6, 6.07) is 19.0. The van der Waals surface area contributed by atoms with Gasteiger partial charge in [0.05, 0.1) is 18.5 Å². The van der Waals surface area contributed by atoms with Gasteiger partial charge in [0.25, 0.3) is 5.91 Å². The zero-order valence-corrected chi connectivity index (χ0v) is 22.3. The van der Waals surface area contributed by atoms with E-state index in [1.165, 1.54) is 17.2 Å². The molecule has 3 aromatic carbocycles. The number of rotatable bonds is 9. The monoisotopic (exact) mass is 626 g/mol. The number of ether oxygens (including phenoxy) is 1. The number of nitrogens with zero attached hydrogens (tertiary/aromatic N) is 2. The summed E-state index contributed by atoms with van der Waals surface area (Å²) in [4.78, 5) is 35.6. The number of carbonyl (C=O) groups is 2. The second-order valence-electron chi connectivity index (χ2n) is 8.74. The Morgan fingerprint density at radius 2 is 1.84 bits per heavy atom. The van der Waals surface area contributed by atoms with Gasteiger partial charge in [0, 0.05) is 15.6 Å². The molecule has 0 spiro atoms. The molecule has 0 bridgehead atoms. The molecular formula is C28H24FIN4O4. The summed E-state index contributed by atoms with van der Waals surface area (Å²) in [5.74, 6) is 0.106. The molecule has 10 heteroatoms. The van der Waals surface area contributed by atoms with Crippen LogP contribution >= 0.6 is 22.6 Å². The van der Waals surface area contributed by atoms with Gasteiger partial charge >= 0.3 is 6.03 Å². The number of nitrogens with one attached hydrogen (secondary N) is 2. The molecule has 2 atom stereocenters. The van der Waals surface area contributed by atoms with Gasteiger partial charge in [-0.25, -0.2) is 14.2 Å². The average Bonchev–Trinajstić information content (AvgIpc) is 3.51. The first-order valence-electron chi connectivity index (χ1n) is 12.0. The average molecular weight is 626 g/mol. The van der Waals surface area contributed by atoms with E-state index < -0.39 is 29.8 Å². The Labute approximate surface area is 232 Å². The molecular weight excluding hydrogens is 602 g/mol. The fourth-order valence-corrected chi connectivity index (χ4v) is 4.89. The highest BCUT2D eigenvalue weighted by molar-refractivity contribution is 14.1. The zero-order chi connectivity index (χ0) is 26.6. The van der Waals surface area contributed by atoms with E-state index >= 15 is 0 Å². The van der Waals surface area contributed by atoms with E-state index in [-0.39, 0.29) is 13.2 Å². The fraction of sp³-hybridized carbons (Fsp3) is 0.179. The molecule has 1 saturated heterocycles. The van der Waals surface area contributed by atoms with E-state index in [1.807, 2.05) is 52.9 Å². The van der Waals surface area contributed by atoms with Gasteiger partial charge in [-0.2, -0.15) is 0 Å². The molecule has 3 N–H and O–H groups in total. The number of imide groups is 1. The molecule has 1 aromatic heterocycles. The van der Waals surface area contributed by atoms with E-state index in [1.54, 1.807) is 36.4 Å². The van der Waals surface area contributed by atoms with Gasteiger partial charge in [-0.1, -0.05) is 42.5 Å². The maximum absolute atomic E-state index is 14.7. The number of amides is 3. The summed E-state index contributed by atoms with van der Waals surface area (Å²) < 4.78 is 20.8. The van der Waals surface area contributed by atoms with Crippen LogP contribution in [0.3, 0.4) is 0 Å². The number of halogens is 2. The number of H-pyrrole nitrogens is 1. The molecule has 1 aliphatic rings. The smallest absolute Gasteiger partial charge is 0.325 e. The number of hydrogen-bond donors (Lipinski definition) is 3. The van der Waals surface area contributed by atoms with Gasteiger partial charge < -0.3 is 20.1 Å². The Morgan fingerprint density at radius 3 is 2.55 bits per heavy atom. The topological polar surface area (TPSA) is 108 Å². The molecule has 8 nitrogen and oxygen atoms in total. The standard InChI is InChI=1S/C28H24FIN4O4/c29-22-15-19(30)8-11-21(22)23-16-31-26(32-23)24(14-17-4-2-1-3-5-17)34-27(36)25(33-28(34)37)18-6-9-20(10-7-18)38-13-12-35/h1-11,15-16,24-25,35H,12-14H2,(H,31,32)(H,33,37)/t24-,25?/m0/s1. The number of carbonyl (C=O) groups excluding carboxylic acids is 2. The minimum absolute atomic E-state index is 0.110. The van der Waals surface area contributed by atoms with Crippen LogP contribution in [0.4, 0.5) is 9.18 Å². The molecule has 0 radical (unpaired) electrons. The van der Waals surface area contributed by atoms with Crippen molar-refractivity contribution in [2.24, 2.45) is 0 Å². The lowest BCUT2D eigenvalue weighted by Gasteiger charge is -2.24. The molecule has 38 heavy (non-hydrogen) atoms. The van der Waals surface area contributed by atoms with Crippen LogP contribution in [-0.2, 0) is 11.2 Å². The number of imidazole rings is 1. The molecule has 1 aliphatic heterocycles. The van der Waals surface area contributed by atoms with Crippen LogP contribution in [0, 0.1) is 9.39 Å². The normalized spacial score (nSPS) is 16.0. The molecule has 0 saturated carbocycles. The van der Waals surface area contributed by atoms with Gasteiger partial charge in [-0.15, -0.1) is 0 Å². The third kappa shape index (κ3) is 5.41. The SMILES string of the molecule is O=C1NC(c2ccc(OCCO)cc2)C(=O)N1[C@@H](Cc1ccccc1)c1ncc(-c2ccc(I)cc2F)[nH]1. The van der Waals surface area contributed by atoms with Crippen molar-refractivity contribution in [3.8, 4) is 17.0 Å². The first-order chi connectivity index (χ1) is 18.4. The minimum Gasteiger partial charge on any atom is -0.491 e. The van der Waals surface area contributed by atoms with Crippen molar-refractivity contribution in [2.75, 3.05) is 13.2 Å². The Kier molecular flexibility index (Phi) is 7.70. The van der Waals surface area contributed by atoms with E-state index in [2.05, 4.69) is 15.3 Å². The quantitative estimate of drug-likeness (QED) is 0.183. The fourth-order valence-electron chi connectivity index (χ4n) is 4.43. The summed E-state index contributed by atoms with van der Waals surface area (Å²) in [5, 5.41) is 11.7. The van der Waals surface area contributed by atoms with Crippen LogP contribution in [0.15, 0.2) is 79.0 Å². The third-order valence-electron chi connectivity index (χ3n) is 6.26. The lowest BCUT2D eigenvalue weighted by molar-refractivity contribution is -0.129. The van der Waals surface area contributed by atoms with Crippen molar-refractivity contribution in [2.45, 2.75) is 18.5 Å². The molecule has 2 heterocycles. The van der Waals surface area contributed by atoms with Crippen LogP contribution in [0.2, 0.25) is 0 Å². The van der Waals surface area contributed by atoms with E-state index in [0.717, 1.165) is 9.13 Å². The van der Waals surface area contributed by atoms with Gasteiger partial charge in [0.1, 0.15) is 36.1 Å². The Hall–Kier alpha value is -3.77. The summed E-state index contributed by atoms with van der Waals surface area (Å²) in [7, 11) is 0. The highest BCUT2D eigenvalue weighted by atomic mass is 127. The second kappa shape index (κ2) is 11.3. The van der Waals surface area contributed by atoms with Crippen molar-refractivity contribution in [1.82, 2.24) is 20.2 Å². The number of aliphatic hydroxyl groups is 1. The number of aromatic nitrogens is 2. The van der Waals surface area contributed by atoms with E-state index in [0.29, 0.717) is 34.8 Å². The number of aliphatic hydroxyl groups excluding tert-OH is 1. The summed E-state index contributed by atoms with van der Waals surface area (Å²) in [6.07, 6.45) is 1.84. The largest absolute Gasteiger partial charge is 0.491 e. The van der Waals surface area contributed by atoms with Crippen molar-refractivity contribution in [3.05, 3.63) is 105 Å². The van der Waals surface area contributed by atoms with Gasteiger partial charge in [-0.05, 0) is 64.0 Å². The van der Waals surface area contributed by atoms with Crippen molar-refractivity contribution in [3.63, 3.8) is 0 Å². The van der Waals surface area contributed by atoms with Crippen molar-refractivity contribution < 1.29 is 23.8 Å². The van der Waals surface area contributed by atoms with Crippen LogP contribution < -0.4 is 10.1 Å². The molecule has 3 amide bonds. The van der Waals surface area contributed by atoms with Gasteiger partial charge in [0.2, 0.25) is 0 Å². The van der Waals surface area contributed by atoms with Crippen molar-refractivity contribution in [1.29, 1.82) is 0 Å². The van der Waals surface area contributed by atoms with Crippen molar-refractivity contribution >= 4 is 34.5 Å².